The molecule has 0 aromatic carbocycles. The van der Waals surface area contributed by atoms with E-state index in [1.807, 2.05) is 0 Å². The molecule has 0 radical (unpaired) electrons. The Morgan fingerprint density at radius 1 is 1.38 bits per heavy atom. The zero-order valence-corrected chi connectivity index (χ0v) is 8.26. The molecule has 4 aliphatic rings. The molecule has 1 heteroatoms. The monoisotopic (exact) mass is 177 g/mol. The fourth-order valence-electron chi connectivity index (χ4n) is 4.68. The van der Waals surface area contributed by atoms with Gasteiger partial charge in [0.1, 0.15) is 0 Å². The van der Waals surface area contributed by atoms with Crippen LogP contribution in [0.4, 0.5) is 0 Å². The quantitative estimate of drug-likeness (QED) is 0.644. The van der Waals surface area contributed by atoms with E-state index in [1.54, 1.807) is 0 Å². The van der Waals surface area contributed by atoms with Crippen molar-refractivity contribution in [1.82, 2.24) is 0 Å². The van der Waals surface area contributed by atoms with Crippen LogP contribution in [0.15, 0.2) is 12.7 Å². The third-order valence-electron chi connectivity index (χ3n) is 4.73. The van der Waals surface area contributed by atoms with Gasteiger partial charge in [0.05, 0.1) is 0 Å². The van der Waals surface area contributed by atoms with Gasteiger partial charge in [-0.2, -0.15) is 0 Å². The highest BCUT2D eigenvalue weighted by Gasteiger charge is 2.64. The molecule has 0 amide bonds. The lowest BCUT2D eigenvalue weighted by molar-refractivity contribution is -0.0431. The van der Waals surface area contributed by atoms with Gasteiger partial charge in [0.2, 0.25) is 0 Å². The van der Waals surface area contributed by atoms with Crippen molar-refractivity contribution in [2.45, 2.75) is 44.1 Å². The lowest BCUT2D eigenvalue weighted by Gasteiger charge is -2.59. The summed E-state index contributed by atoms with van der Waals surface area (Å²) in [6.45, 7) is 3.87. The maximum atomic E-state index is 6.29. The minimum atomic E-state index is 0.263. The van der Waals surface area contributed by atoms with Crippen molar-refractivity contribution in [2.75, 3.05) is 0 Å². The van der Waals surface area contributed by atoms with E-state index in [0.717, 1.165) is 11.8 Å². The average Bonchev–Trinajstić information content (AvgIpc) is 2.19. The van der Waals surface area contributed by atoms with E-state index in [2.05, 4.69) is 12.7 Å². The van der Waals surface area contributed by atoms with Crippen LogP contribution >= 0.6 is 0 Å². The van der Waals surface area contributed by atoms with E-state index >= 15 is 0 Å². The van der Waals surface area contributed by atoms with Crippen LogP contribution in [0.3, 0.4) is 0 Å². The molecule has 1 unspecified atom stereocenters. The average molecular weight is 177 g/mol. The molecule has 3 bridgehead atoms. The topological polar surface area (TPSA) is 26.0 Å². The Hall–Kier alpha value is -0.300. The smallest absolute Gasteiger partial charge is 0.0167 e. The summed E-state index contributed by atoms with van der Waals surface area (Å²) in [6.07, 6.45) is 10.2. The lowest BCUT2D eigenvalue weighted by Crippen LogP contribution is -2.61. The van der Waals surface area contributed by atoms with Crippen LogP contribution in [0.2, 0.25) is 0 Å². The first-order valence-corrected chi connectivity index (χ1v) is 5.56. The molecule has 13 heavy (non-hydrogen) atoms. The van der Waals surface area contributed by atoms with Crippen molar-refractivity contribution in [3.63, 3.8) is 0 Å². The first kappa shape index (κ1) is 8.05. The predicted octanol–water partition coefficient (Wildman–Crippen LogP) is 2.47. The van der Waals surface area contributed by atoms with Gasteiger partial charge in [-0.25, -0.2) is 0 Å². The summed E-state index contributed by atoms with van der Waals surface area (Å²) in [5.74, 6) is 1.88. The molecule has 4 fully saturated rings. The van der Waals surface area contributed by atoms with Crippen molar-refractivity contribution in [3.05, 3.63) is 12.7 Å². The van der Waals surface area contributed by atoms with E-state index in [1.165, 1.54) is 38.5 Å². The van der Waals surface area contributed by atoms with Crippen molar-refractivity contribution < 1.29 is 0 Å². The number of rotatable bonds is 2. The molecule has 1 spiro atoms. The zero-order chi connectivity index (χ0) is 9.10. The molecule has 0 saturated heterocycles. The second-order valence-corrected chi connectivity index (χ2v) is 5.81. The second kappa shape index (κ2) is 2.20. The van der Waals surface area contributed by atoms with Gasteiger partial charge in [-0.05, 0) is 55.8 Å². The van der Waals surface area contributed by atoms with Gasteiger partial charge >= 0.3 is 0 Å². The van der Waals surface area contributed by atoms with Crippen molar-refractivity contribution in [1.29, 1.82) is 0 Å². The van der Waals surface area contributed by atoms with Crippen LogP contribution in [0.5, 0.6) is 0 Å². The Kier molecular flexibility index (Phi) is 1.36. The van der Waals surface area contributed by atoms with Gasteiger partial charge in [-0.15, -0.1) is 6.58 Å². The summed E-state index contributed by atoms with van der Waals surface area (Å²) >= 11 is 0. The lowest BCUT2D eigenvalue weighted by atomic mass is 9.49. The molecule has 4 rings (SSSR count). The Bertz CT molecular complexity index is 250. The van der Waals surface area contributed by atoms with Gasteiger partial charge in [-0.3, -0.25) is 0 Å². The van der Waals surface area contributed by atoms with E-state index in [9.17, 15) is 0 Å². The molecule has 0 aromatic rings. The largest absolute Gasteiger partial charge is 0.325 e. The molecular weight excluding hydrogens is 158 g/mol. The molecule has 0 aromatic heterocycles. The molecule has 4 saturated carbocycles. The van der Waals surface area contributed by atoms with Crippen LogP contribution in [0.1, 0.15) is 38.5 Å². The maximum absolute atomic E-state index is 6.29. The summed E-state index contributed by atoms with van der Waals surface area (Å²) in [4.78, 5) is 0. The highest BCUT2D eigenvalue weighted by molar-refractivity contribution is 5.19. The van der Waals surface area contributed by atoms with Gasteiger partial charge in [0, 0.05) is 5.54 Å². The second-order valence-electron chi connectivity index (χ2n) is 5.81. The molecular formula is C12H19N. The highest BCUT2D eigenvalue weighted by atomic mass is 14.9. The van der Waals surface area contributed by atoms with Crippen LogP contribution in [-0.2, 0) is 0 Å². The summed E-state index contributed by atoms with van der Waals surface area (Å²) in [5, 5.41) is 0. The molecule has 1 nitrogen and oxygen atoms in total. The minimum absolute atomic E-state index is 0.263. The first-order valence-electron chi connectivity index (χ1n) is 5.56. The molecule has 0 aliphatic heterocycles. The van der Waals surface area contributed by atoms with Gasteiger partial charge in [0.25, 0.3) is 0 Å². The predicted molar refractivity (Wildman–Crippen MR) is 54.2 cm³/mol. The van der Waals surface area contributed by atoms with Crippen molar-refractivity contribution in [3.8, 4) is 0 Å². The van der Waals surface area contributed by atoms with Crippen LogP contribution in [0, 0.1) is 17.3 Å². The third kappa shape index (κ3) is 0.914. The van der Waals surface area contributed by atoms with E-state index in [-0.39, 0.29) is 5.54 Å². The van der Waals surface area contributed by atoms with Crippen LogP contribution in [-0.4, -0.2) is 5.54 Å². The SMILES string of the molecule is C=CC[C@H]1CC2CC3(N)CC1(C2)C3. The maximum Gasteiger partial charge on any atom is 0.0167 e. The fourth-order valence-corrected chi connectivity index (χ4v) is 4.68. The Morgan fingerprint density at radius 3 is 2.85 bits per heavy atom. The molecule has 4 aliphatic carbocycles. The first-order chi connectivity index (χ1) is 6.16. The van der Waals surface area contributed by atoms with E-state index in [0.29, 0.717) is 5.41 Å². The summed E-state index contributed by atoms with van der Waals surface area (Å²) in [7, 11) is 0. The number of hydrogen-bond donors (Lipinski definition) is 1. The van der Waals surface area contributed by atoms with Gasteiger partial charge < -0.3 is 5.73 Å². The highest BCUT2D eigenvalue weighted by Crippen LogP contribution is 2.69. The number of hydrogen-bond acceptors (Lipinski definition) is 1. The van der Waals surface area contributed by atoms with Crippen molar-refractivity contribution >= 4 is 0 Å². The summed E-state index contributed by atoms with van der Waals surface area (Å²) in [5.41, 5.74) is 7.23. The molecule has 72 valence electrons. The van der Waals surface area contributed by atoms with Gasteiger partial charge in [0.15, 0.2) is 0 Å². The third-order valence-corrected chi connectivity index (χ3v) is 4.73. The standard InChI is InChI=1S/C12H19N/c1-2-3-10-4-9-5-11(10)7-12(13,6-9)8-11/h2,9-10H,1,3-8,13H2/t9?,10-,11?,12?/m0/s1. The molecule has 2 N–H and O–H groups in total. The molecule has 2 atom stereocenters. The van der Waals surface area contributed by atoms with E-state index in [4.69, 9.17) is 5.73 Å². The minimum Gasteiger partial charge on any atom is -0.325 e. The summed E-state index contributed by atoms with van der Waals surface area (Å²) < 4.78 is 0. The van der Waals surface area contributed by atoms with Crippen LogP contribution in [0.25, 0.3) is 0 Å². The number of nitrogens with two attached hydrogens (primary N) is 1. The van der Waals surface area contributed by atoms with Crippen molar-refractivity contribution in [2.24, 2.45) is 23.0 Å². The number of allylic oxidation sites excluding steroid dienone is 1. The van der Waals surface area contributed by atoms with Crippen LogP contribution < -0.4 is 5.73 Å². The summed E-state index contributed by atoms with van der Waals surface area (Å²) in [6, 6.07) is 0. The Balaban J connectivity index is 1.86. The Labute approximate surface area is 80.4 Å². The Morgan fingerprint density at radius 2 is 2.15 bits per heavy atom. The normalized spacial score (nSPS) is 57.3. The molecule has 0 heterocycles. The van der Waals surface area contributed by atoms with E-state index < -0.39 is 0 Å². The fraction of sp³-hybridized carbons (Fsp3) is 0.833. The zero-order valence-electron chi connectivity index (χ0n) is 8.26. The van der Waals surface area contributed by atoms with Gasteiger partial charge in [-0.1, -0.05) is 6.08 Å².